The number of aromatic nitrogens is 2. The first-order chi connectivity index (χ1) is 15.9. The van der Waals surface area contributed by atoms with E-state index < -0.39 is 5.91 Å². The van der Waals surface area contributed by atoms with Crippen LogP contribution in [0.25, 0.3) is 11.3 Å². The highest BCUT2D eigenvalue weighted by Gasteiger charge is 2.36. The molecule has 1 saturated heterocycles. The summed E-state index contributed by atoms with van der Waals surface area (Å²) >= 11 is 0. The Morgan fingerprint density at radius 3 is 2.32 bits per heavy atom. The molecule has 0 bridgehead atoms. The normalized spacial score (nSPS) is 17.7. The van der Waals surface area contributed by atoms with Crippen molar-refractivity contribution in [2.24, 2.45) is 11.7 Å². The topological polar surface area (TPSA) is 112 Å². The number of anilines is 1. The first-order valence-corrected chi connectivity index (χ1v) is 11.2. The zero-order chi connectivity index (χ0) is 23.7. The average Bonchev–Trinajstić information content (AvgIpc) is 3.24. The molecule has 34 heavy (non-hydrogen) atoms. The quantitative estimate of drug-likeness (QED) is 0.606. The number of methoxy groups -OCH3 is 2. The van der Waals surface area contributed by atoms with Gasteiger partial charge in [-0.15, -0.1) is 0 Å². The van der Waals surface area contributed by atoms with E-state index in [1.807, 2.05) is 28.6 Å². The minimum absolute atomic E-state index is 0. The number of amides is 2. The van der Waals surface area contributed by atoms with Gasteiger partial charge in [0, 0.05) is 30.8 Å². The second-order valence-electron chi connectivity index (χ2n) is 8.54. The number of nitrogens with zero attached hydrogens (tertiary/aromatic N) is 3. The number of carbonyl (C=O) groups is 2. The van der Waals surface area contributed by atoms with E-state index in [4.69, 9.17) is 20.3 Å². The summed E-state index contributed by atoms with van der Waals surface area (Å²) in [4.78, 5) is 26.3. The lowest BCUT2D eigenvalue weighted by atomic mass is 9.87. The molecule has 10 heteroatoms. The van der Waals surface area contributed by atoms with Gasteiger partial charge in [0.1, 0.15) is 28.6 Å². The highest BCUT2D eigenvalue weighted by Crippen LogP contribution is 2.42. The molecule has 1 fully saturated rings. The fraction of sp³-hybridized carbons (Fsp3) is 0.458. The van der Waals surface area contributed by atoms with Crippen LogP contribution in [0.2, 0.25) is 0 Å². The van der Waals surface area contributed by atoms with Crippen LogP contribution < -0.4 is 20.5 Å². The number of primary amides is 1. The largest absolute Gasteiger partial charge is 0.496 e. The van der Waals surface area contributed by atoms with Gasteiger partial charge in [0.25, 0.3) is 5.91 Å². The highest BCUT2D eigenvalue weighted by molar-refractivity contribution is 7.59. The summed E-state index contributed by atoms with van der Waals surface area (Å²) in [6.45, 7) is 7.61. The first-order valence-electron chi connectivity index (χ1n) is 11.2. The highest BCUT2D eigenvalue weighted by atomic mass is 32.1. The maximum atomic E-state index is 12.6. The van der Waals surface area contributed by atoms with Gasteiger partial charge in [-0.1, -0.05) is 6.58 Å². The number of hydrogen-bond donors (Lipinski definition) is 2. The van der Waals surface area contributed by atoms with Crippen molar-refractivity contribution in [3.05, 3.63) is 35.9 Å². The van der Waals surface area contributed by atoms with E-state index in [1.165, 1.54) is 6.08 Å². The molecule has 2 aromatic rings. The summed E-state index contributed by atoms with van der Waals surface area (Å²) in [5, 5.41) is 8.23. The zero-order valence-electron chi connectivity index (χ0n) is 19.9. The Morgan fingerprint density at radius 1 is 1.18 bits per heavy atom. The number of benzene rings is 1. The Labute approximate surface area is 206 Å². The summed E-state index contributed by atoms with van der Waals surface area (Å²) < 4.78 is 13.0. The number of piperidine rings is 1. The first kappa shape index (κ1) is 25.5. The minimum Gasteiger partial charge on any atom is -0.496 e. The molecule has 3 heterocycles. The van der Waals surface area contributed by atoms with Crippen molar-refractivity contribution < 1.29 is 19.1 Å². The molecule has 0 saturated carbocycles. The van der Waals surface area contributed by atoms with Crippen molar-refractivity contribution in [3.63, 3.8) is 0 Å². The van der Waals surface area contributed by atoms with Crippen molar-refractivity contribution in [3.8, 4) is 22.8 Å². The number of ether oxygens (including phenoxy) is 2. The van der Waals surface area contributed by atoms with E-state index in [2.05, 4.69) is 11.9 Å². The number of rotatable bonds is 6. The van der Waals surface area contributed by atoms with Crippen LogP contribution in [0.4, 0.5) is 5.82 Å². The molecule has 2 amide bonds. The lowest BCUT2D eigenvalue weighted by molar-refractivity contribution is -0.127. The van der Waals surface area contributed by atoms with Gasteiger partial charge in [-0.05, 0) is 50.3 Å². The van der Waals surface area contributed by atoms with Crippen molar-refractivity contribution >= 4 is 31.1 Å². The Hall–Kier alpha value is -3.14. The minimum atomic E-state index is -0.538. The molecule has 0 radical (unpaired) electrons. The SMILES string of the molecule is C=CC(=O)N1CCC([C@@H]2CCNc3c(C(N)=O)c(-c4cc(OC)c(C)c(OC)c4)nn32)CC1.S. The van der Waals surface area contributed by atoms with E-state index in [1.54, 1.807) is 14.2 Å². The van der Waals surface area contributed by atoms with Gasteiger partial charge in [-0.3, -0.25) is 9.59 Å². The Balaban J connectivity index is 0.00000324. The molecule has 4 rings (SSSR count). The molecular formula is C24H33N5O4S. The molecular weight excluding hydrogens is 454 g/mol. The lowest BCUT2D eigenvalue weighted by Gasteiger charge is -2.38. The number of nitrogens with one attached hydrogen (secondary N) is 1. The van der Waals surface area contributed by atoms with Gasteiger partial charge in [-0.25, -0.2) is 4.68 Å². The molecule has 2 aliphatic heterocycles. The summed E-state index contributed by atoms with van der Waals surface area (Å²) in [5.41, 5.74) is 8.28. The van der Waals surface area contributed by atoms with E-state index >= 15 is 0 Å². The third kappa shape index (κ3) is 4.46. The van der Waals surface area contributed by atoms with Crippen molar-refractivity contribution in [1.82, 2.24) is 14.7 Å². The van der Waals surface area contributed by atoms with Crippen LogP contribution in [0.15, 0.2) is 24.8 Å². The van der Waals surface area contributed by atoms with Crippen LogP contribution in [0.1, 0.15) is 41.2 Å². The smallest absolute Gasteiger partial charge is 0.254 e. The number of nitrogens with two attached hydrogens (primary N) is 1. The van der Waals surface area contributed by atoms with Crippen LogP contribution in [0, 0.1) is 12.8 Å². The molecule has 1 aromatic carbocycles. The van der Waals surface area contributed by atoms with Crippen LogP contribution in [0.3, 0.4) is 0 Å². The third-order valence-electron chi connectivity index (χ3n) is 6.80. The Morgan fingerprint density at radius 2 is 1.79 bits per heavy atom. The van der Waals surface area contributed by atoms with E-state index in [0.29, 0.717) is 53.1 Å². The molecule has 0 aliphatic carbocycles. The fourth-order valence-corrected chi connectivity index (χ4v) is 5.03. The predicted octanol–water partition coefficient (Wildman–Crippen LogP) is 2.87. The maximum Gasteiger partial charge on any atom is 0.254 e. The molecule has 184 valence electrons. The zero-order valence-corrected chi connectivity index (χ0v) is 20.9. The van der Waals surface area contributed by atoms with Gasteiger partial charge in [0.05, 0.1) is 20.3 Å². The van der Waals surface area contributed by atoms with E-state index in [-0.39, 0.29) is 25.4 Å². The number of hydrogen-bond acceptors (Lipinski definition) is 6. The van der Waals surface area contributed by atoms with Crippen molar-refractivity contribution in [1.29, 1.82) is 0 Å². The van der Waals surface area contributed by atoms with Gasteiger partial charge >= 0.3 is 0 Å². The molecule has 0 unspecified atom stereocenters. The summed E-state index contributed by atoms with van der Waals surface area (Å²) in [5.74, 6) is 1.72. The predicted molar refractivity (Wildman–Crippen MR) is 136 cm³/mol. The number of fused-ring (bicyclic) bond motifs is 1. The molecule has 1 atom stereocenters. The monoisotopic (exact) mass is 487 g/mol. The van der Waals surface area contributed by atoms with Crippen LogP contribution in [-0.2, 0) is 4.79 Å². The summed E-state index contributed by atoms with van der Waals surface area (Å²) in [7, 11) is 3.19. The molecule has 9 nitrogen and oxygen atoms in total. The van der Waals surface area contributed by atoms with Gasteiger partial charge in [0.2, 0.25) is 5.91 Å². The Bertz CT molecular complexity index is 1070. The summed E-state index contributed by atoms with van der Waals surface area (Å²) in [6.07, 6.45) is 3.99. The second kappa shape index (κ2) is 10.4. The lowest BCUT2D eigenvalue weighted by Crippen LogP contribution is -2.41. The van der Waals surface area contributed by atoms with Crippen molar-refractivity contribution in [2.45, 2.75) is 32.2 Å². The van der Waals surface area contributed by atoms with E-state index in [0.717, 1.165) is 31.4 Å². The molecule has 1 aromatic heterocycles. The molecule has 3 N–H and O–H groups in total. The maximum absolute atomic E-state index is 12.6. The number of carbonyl (C=O) groups excluding carboxylic acids is 2. The Kier molecular flexibility index (Phi) is 7.81. The van der Waals surface area contributed by atoms with Gasteiger partial charge < -0.3 is 25.4 Å². The fourth-order valence-electron chi connectivity index (χ4n) is 5.03. The van der Waals surface area contributed by atoms with Crippen molar-refractivity contribution in [2.75, 3.05) is 39.2 Å². The molecule has 2 aliphatic rings. The third-order valence-corrected chi connectivity index (χ3v) is 6.80. The summed E-state index contributed by atoms with van der Waals surface area (Å²) in [6, 6.07) is 3.82. The van der Waals surface area contributed by atoms with E-state index in [9.17, 15) is 9.59 Å². The second-order valence-corrected chi connectivity index (χ2v) is 8.54. The molecule has 0 spiro atoms. The van der Waals surface area contributed by atoms with Crippen LogP contribution in [-0.4, -0.2) is 60.3 Å². The standard InChI is InChI=1S/C24H31N5O4.H2S/c1-5-20(30)28-10-7-15(8-11-28)17-6-9-26-24-21(23(25)31)22(27-29(17)24)16-12-18(32-3)14(2)19(13-16)33-4;/h5,12-13,15,17,26H,1,6-11H2,2-4H3,(H2,25,31);1H2/t17-;/m0./s1. The van der Waals surface area contributed by atoms with Gasteiger partial charge in [-0.2, -0.15) is 18.6 Å². The number of likely N-dealkylation sites (tertiary alicyclic amines) is 1. The average molecular weight is 488 g/mol. The van der Waals surface area contributed by atoms with Crippen LogP contribution in [0.5, 0.6) is 11.5 Å². The van der Waals surface area contributed by atoms with Crippen LogP contribution >= 0.6 is 13.5 Å². The van der Waals surface area contributed by atoms with Gasteiger partial charge in [0.15, 0.2) is 0 Å².